The zero-order valence-corrected chi connectivity index (χ0v) is 12.0. The summed E-state index contributed by atoms with van der Waals surface area (Å²) in [5.41, 5.74) is 8.75. The van der Waals surface area contributed by atoms with E-state index in [1.54, 1.807) is 0 Å². The summed E-state index contributed by atoms with van der Waals surface area (Å²) in [7, 11) is 0. The van der Waals surface area contributed by atoms with Crippen molar-refractivity contribution in [3.8, 4) is 0 Å². The topological polar surface area (TPSA) is 0 Å². The molecule has 1 aliphatic carbocycles. The molecule has 0 unspecified atom stereocenters. The van der Waals surface area contributed by atoms with Gasteiger partial charge in [0.1, 0.15) is 0 Å². The summed E-state index contributed by atoms with van der Waals surface area (Å²) in [6.07, 6.45) is 1.11. The molecule has 3 aromatic rings. The van der Waals surface area contributed by atoms with Gasteiger partial charge in [-0.1, -0.05) is 24.3 Å². The van der Waals surface area contributed by atoms with Crippen LogP contribution in [-0.2, 0) is 6.42 Å². The third-order valence-corrected chi connectivity index (χ3v) is 5.00. The number of rotatable bonds is 0. The molecule has 0 saturated carbocycles. The quantitative estimate of drug-likeness (QED) is 0.377. The predicted molar refractivity (Wildman–Crippen MR) is 83.2 cm³/mol. The van der Waals surface area contributed by atoms with Gasteiger partial charge in [0.15, 0.2) is 0 Å². The number of benzene rings is 3. The van der Waals surface area contributed by atoms with Crippen molar-refractivity contribution in [3.63, 3.8) is 0 Å². The second kappa shape index (κ2) is 3.39. The van der Waals surface area contributed by atoms with Crippen LogP contribution in [0.25, 0.3) is 21.5 Å². The van der Waals surface area contributed by atoms with Gasteiger partial charge < -0.3 is 0 Å². The van der Waals surface area contributed by atoms with E-state index < -0.39 is 0 Å². The SMILES string of the molecule is Cc1cc2c3c(ccc4c(C)c(C)cc(c43)C2)c1C. The maximum absolute atomic E-state index is 2.39. The lowest BCUT2D eigenvalue weighted by molar-refractivity contribution is 1.23. The summed E-state index contributed by atoms with van der Waals surface area (Å²) in [6.45, 7) is 8.96. The number of hydrogen-bond donors (Lipinski definition) is 0. The lowest BCUT2D eigenvalue weighted by Crippen LogP contribution is -1.88. The molecule has 0 nitrogen and oxygen atoms in total. The van der Waals surface area contributed by atoms with E-state index in [2.05, 4.69) is 52.0 Å². The molecule has 0 atom stereocenters. The summed E-state index contributed by atoms with van der Waals surface area (Å²) < 4.78 is 0. The van der Waals surface area contributed by atoms with Crippen LogP contribution in [0.2, 0.25) is 0 Å². The monoisotopic (exact) mass is 246 g/mol. The van der Waals surface area contributed by atoms with Crippen molar-refractivity contribution in [2.75, 3.05) is 0 Å². The fraction of sp³-hybridized carbons (Fsp3) is 0.263. The van der Waals surface area contributed by atoms with E-state index >= 15 is 0 Å². The molecule has 0 saturated heterocycles. The van der Waals surface area contributed by atoms with Crippen LogP contribution in [0.15, 0.2) is 24.3 Å². The minimum Gasteiger partial charge on any atom is -0.0548 e. The molecule has 0 heterocycles. The predicted octanol–water partition coefficient (Wildman–Crippen LogP) is 5.13. The normalized spacial score (nSPS) is 13.1. The lowest BCUT2D eigenvalue weighted by atomic mass is 9.93. The Morgan fingerprint density at radius 3 is 1.53 bits per heavy atom. The van der Waals surface area contributed by atoms with Gasteiger partial charge in [0, 0.05) is 0 Å². The molecule has 0 heteroatoms. The Morgan fingerprint density at radius 2 is 1.11 bits per heavy atom. The molecule has 0 bridgehead atoms. The molecular weight excluding hydrogens is 228 g/mol. The van der Waals surface area contributed by atoms with Crippen molar-refractivity contribution in [2.24, 2.45) is 0 Å². The molecule has 0 amide bonds. The van der Waals surface area contributed by atoms with Gasteiger partial charge in [-0.05, 0) is 89.0 Å². The molecule has 0 spiro atoms. The Labute approximate surface area is 114 Å². The first kappa shape index (κ1) is 11.0. The Kier molecular flexibility index (Phi) is 1.97. The Bertz CT molecular complexity index is 794. The van der Waals surface area contributed by atoms with Gasteiger partial charge in [-0.3, -0.25) is 0 Å². The zero-order valence-electron chi connectivity index (χ0n) is 12.0. The van der Waals surface area contributed by atoms with Gasteiger partial charge in [-0.25, -0.2) is 0 Å². The summed E-state index contributed by atoms with van der Waals surface area (Å²) in [5.74, 6) is 0. The van der Waals surface area contributed by atoms with Crippen molar-refractivity contribution in [1.29, 1.82) is 0 Å². The summed E-state index contributed by atoms with van der Waals surface area (Å²) in [5, 5.41) is 5.92. The van der Waals surface area contributed by atoms with E-state index in [-0.39, 0.29) is 0 Å². The van der Waals surface area contributed by atoms with Gasteiger partial charge in [0.2, 0.25) is 0 Å². The van der Waals surface area contributed by atoms with E-state index in [9.17, 15) is 0 Å². The third kappa shape index (κ3) is 1.24. The molecule has 1 aliphatic rings. The number of hydrogen-bond acceptors (Lipinski definition) is 0. The highest BCUT2D eigenvalue weighted by atomic mass is 14.2. The molecule has 0 aromatic heterocycles. The zero-order chi connectivity index (χ0) is 13.3. The van der Waals surface area contributed by atoms with Gasteiger partial charge in [-0.15, -0.1) is 0 Å². The molecule has 0 N–H and O–H groups in total. The molecule has 0 radical (unpaired) electrons. The maximum Gasteiger partial charge on any atom is -0.00128 e. The Morgan fingerprint density at radius 1 is 0.684 bits per heavy atom. The van der Waals surface area contributed by atoms with Gasteiger partial charge >= 0.3 is 0 Å². The highest BCUT2D eigenvalue weighted by Crippen LogP contribution is 2.42. The van der Waals surface area contributed by atoms with Crippen molar-refractivity contribution in [1.82, 2.24) is 0 Å². The second-order valence-electron chi connectivity index (χ2n) is 6.04. The minimum atomic E-state index is 1.11. The molecule has 94 valence electrons. The molecule has 0 aliphatic heterocycles. The van der Waals surface area contributed by atoms with E-state index in [1.807, 2.05) is 0 Å². The van der Waals surface area contributed by atoms with Crippen LogP contribution in [0.3, 0.4) is 0 Å². The second-order valence-corrected chi connectivity index (χ2v) is 6.04. The van der Waals surface area contributed by atoms with Crippen LogP contribution in [0.5, 0.6) is 0 Å². The van der Waals surface area contributed by atoms with E-state index in [4.69, 9.17) is 0 Å². The van der Waals surface area contributed by atoms with Crippen LogP contribution in [0, 0.1) is 27.7 Å². The van der Waals surface area contributed by atoms with E-state index in [0.717, 1.165) is 6.42 Å². The number of aryl methyl sites for hydroxylation is 4. The summed E-state index contributed by atoms with van der Waals surface area (Å²) in [6, 6.07) is 9.43. The van der Waals surface area contributed by atoms with Crippen molar-refractivity contribution >= 4 is 21.5 Å². The van der Waals surface area contributed by atoms with Crippen molar-refractivity contribution in [3.05, 3.63) is 57.6 Å². The van der Waals surface area contributed by atoms with Gasteiger partial charge in [0.25, 0.3) is 0 Å². The van der Waals surface area contributed by atoms with Crippen LogP contribution >= 0.6 is 0 Å². The standard InChI is InChI=1S/C19H18/c1-10-7-14-9-15-8-11(2)13(4)17-6-5-16(12(10)3)18(14)19(15)17/h5-8H,9H2,1-4H3. The average molecular weight is 246 g/mol. The van der Waals surface area contributed by atoms with E-state index in [0.29, 0.717) is 0 Å². The van der Waals surface area contributed by atoms with E-state index in [1.165, 1.54) is 54.9 Å². The van der Waals surface area contributed by atoms with Crippen LogP contribution < -0.4 is 0 Å². The smallest absolute Gasteiger partial charge is 0.00128 e. The highest BCUT2D eigenvalue weighted by molar-refractivity contribution is 6.15. The summed E-state index contributed by atoms with van der Waals surface area (Å²) in [4.78, 5) is 0. The van der Waals surface area contributed by atoms with Gasteiger partial charge in [-0.2, -0.15) is 0 Å². The highest BCUT2D eigenvalue weighted by Gasteiger charge is 2.20. The van der Waals surface area contributed by atoms with Crippen LogP contribution in [-0.4, -0.2) is 0 Å². The maximum atomic E-state index is 2.39. The lowest BCUT2D eigenvalue weighted by Gasteiger charge is -2.11. The molecule has 4 rings (SSSR count). The first-order valence-corrected chi connectivity index (χ1v) is 7.02. The fourth-order valence-electron chi connectivity index (χ4n) is 3.69. The Hall–Kier alpha value is -1.82. The molecule has 19 heavy (non-hydrogen) atoms. The largest absolute Gasteiger partial charge is 0.0548 e. The van der Waals surface area contributed by atoms with Crippen molar-refractivity contribution in [2.45, 2.75) is 34.1 Å². The van der Waals surface area contributed by atoms with Gasteiger partial charge in [0.05, 0.1) is 0 Å². The van der Waals surface area contributed by atoms with Crippen LogP contribution in [0.1, 0.15) is 33.4 Å². The summed E-state index contributed by atoms with van der Waals surface area (Å²) >= 11 is 0. The Balaban J connectivity index is 2.34. The minimum absolute atomic E-state index is 1.11. The first-order chi connectivity index (χ1) is 9.08. The third-order valence-electron chi connectivity index (χ3n) is 5.00. The molecule has 3 aromatic carbocycles. The molecule has 0 fully saturated rings. The molecular formula is C19H18. The fourth-order valence-corrected chi connectivity index (χ4v) is 3.69. The average Bonchev–Trinajstić information content (AvgIpc) is 2.74. The van der Waals surface area contributed by atoms with Crippen LogP contribution in [0.4, 0.5) is 0 Å². The first-order valence-electron chi connectivity index (χ1n) is 7.02. The van der Waals surface area contributed by atoms with Crippen molar-refractivity contribution < 1.29 is 0 Å².